The van der Waals surface area contributed by atoms with Crippen molar-refractivity contribution in [1.29, 1.82) is 0 Å². The van der Waals surface area contributed by atoms with E-state index in [2.05, 4.69) is 6.92 Å². The minimum Gasteiger partial charge on any atom is -0.545 e. The molecule has 124 valence electrons. The number of carboxylic acid groups (broad SMARTS) is 1. The summed E-state index contributed by atoms with van der Waals surface area (Å²) in [6.45, 7) is 2.24. The summed E-state index contributed by atoms with van der Waals surface area (Å²) < 4.78 is 0. The van der Waals surface area contributed by atoms with E-state index in [9.17, 15) is 9.90 Å². The molecular formula is C19H28ClO2-. The minimum absolute atomic E-state index is 0.167. The van der Waals surface area contributed by atoms with Crippen LogP contribution in [0.15, 0.2) is 18.2 Å². The van der Waals surface area contributed by atoms with Crippen LogP contribution in [0.25, 0.3) is 0 Å². The molecule has 0 aliphatic heterocycles. The van der Waals surface area contributed by atoms with Gasteiger partial charge in [-0.05, 0) is 24.5 Å². The van der Waals surface area contributed by atoms with E-state index >= 15 is 0 Å². The second kappa shape index (κ2) is 11.5. The Balaban J connectivity index is 2.15. The Morgan fingerprint density at radius 2 is 1.50 bits per heavy atom. The van der Waals surface area contributed by atoms with Gasteiger partial charge in [-0.1, -0.05) is 88.4 Å². The van der Waals surface area contributed by atoms with Crippen LogP contribution in [0.4, 0.5) is 0 Å². The van der Waals surface area contributed by atoms with Gasteiger partial charge < -0.3 is 9.90 Å². The molecule has 0 fully saturated rings. The number of rotatable bonds is 12. The maximum absolute atomic E-state index is 11.1. The van der Waals surface area contributed by atoms with Crippen LogP contribution in [0.1, 0.15) is 87.1 Å². The molecule has 0 heterocycles. The van der Waals surface area contributed by atoms with Crippen LogP contribution in [0, 0.1) is 0 Å². The van der Waals surface area contributed by atoms with Gasteiger partial charge in [0.25, 0.3) is 0 Å². The van der Waals surface area contributed by atoms with Gasteiger partial charge in [0, 0.05) is 10.6 Å². The fraction of sp³-hybridized carbons (Fsp3) is 0.632. The number of benzene rings is 1. The fourth-order valence-electron chi connectivity index (χ4n) is 2.81. The number of halogens is 1. The standard InChI is InChI=1S/C19H29ClO2/c1-2-3-4-5-6-7-8-9-10-11-13-16-14-12-15-17(20)18(16)19(21)22/h12,14-15H,2-11,13H2,1H3,(H,21,22)/p-1. The third-order valence-electron chi connectivity index (χ3n) is 4.10. The molecule has 1 rings (SSSR count). The maximum atomic E-state index is 11.1. The lowest BCUT2D eigenvalue weighted by molar-refractivity contribution is -0.255. The lowest BCUT2D eigenvalue weighted by atomic mass is 10.00. The van der Waals surface area contributed by atoms with Crippen molar-refractivity contribution in [3.63, 3.8) is 0 Å². The van der Waals surface area contributed by atoms with E-state index in [1.165, 1.54) is 51.4 Å². The number of carboxylic acids is 1. The quantitative estimate of drug-likeness (QED) is 0.498. The van der Waals surface area contributed by atoms with Gasteiger partial charge in [0.15, 0.2) is 0 Å². The normalized spacial score (nSPS) is 10.8. The topological polar surface area (TPSA) is 40.1 Å². The van der Waals surface area contributed by atoms with Gasteiger partial charge in [-0.2, -0.15) is 0 Å². The highest BCUT2D eigenvalue weighted by Gasteiger charge is 2.07. The summed E-state index contributed by atoms with van der Waals surface area (Å²) in [5.41, 5.74) is 0.965. The molecule has 0 aliphatic carbocycles. The van der Waals surface area contributed by atoms with Crippen LogP contribution in [-0.2, 0) is 6.42 Å². The van der Waals surface area contributed by atoms with Crippen molar-refractivity contribution >= 4 is 17.6 Å². The highest BCUT2D eigenvalue weighted by Crippen LogP contribution is 2.21. The summed E-state index contributed by atoms with van der Waals surface area (Å²) in [6, 6.07) is 5.25. The van der Waals surface area contributed by atoms with Crippen LogP contribution in [-0.4, -0.2) is 5.97 Å². The molecule has 1 aromatic carbocycles. The number of hydrogen-bond acceptors (Lipinski definition) is 2. The van der Waals surface area contributed by atoms with Crippen molar-refractivity contribution in [3.05, 3.63) is 34.3 Å². The van der Waals surface area contributed by atoms with Gasteiger partial charge in [-0.25, -0.2) is 0 Å². The molecule has 0 aromatic heterocycles. The van der Waals surface area contributed by atoms with Gasteiger partial charge in [0.2, 0.25) is 0 Å². The van der Waals surface area contributed by atoms with Crippen LogP contribution in [0.3, 0.4) is 0 Å². The molecule has 0 bridgehead atoms. The summed E-state index contributed by atoms with van der Waals surface area (Å²) in [6.07, 6.45) is 13.5. The molecule has 3 heteroatoms. The molecule has 22 heavy (non-hydrogen) atoms. The molecule has 2 nitrogen and oxygen atoms in total. The van der Waals surface area contributed by atoms with Gasteiger partial charge >= 0.3 is 0 Å². The maximum Gasteiger partial charge on any atom is 0.0733 e. The SMILES string of the molecule is CCCCCCCCCCCCc1cccc(Cl)c1C(=O)[O-]. The van der Waals surface area contributed by atoms with Gasteiger partial charge in [-0.3, -0.25) is 0 Å². The Labute approximate surface area is 139 Å². The van der Waals surface area contributed by atoms with E-state index in [4.69, 9.17) is 11.6 Å². The molecule has 0 radical (unpaired) electrons. The van der Waals surface area contributed by atoms with Crippen molar-refractivity contribution in [2.75, 3.05) is 0 Å². The molecule has 0 spiro atoms. The first kappa shape index (κ1) is 19.0. The summed E-state index contributed by atoms with van der Waals surface area (Å²) >= 11 is 5.94. The van der Waals surface area contributed by atoms with Gasteiger partial charge in [-0.15, -0.1) is 0 Å². The third kappa shape index (κ3) is 7.31. The molecule has 0 atom stereocenters. The zero-order valence-corrected chi connectivity index (χ0v) is 14.5. The molecule has 0 saturated heterocycles. The molecular weight excluding hydrogens is 296 g/mol. The Morgan fingerprint density at radius 3 is 2.05 bits per heavy atom. The highest BCUT2D eigenvalue weighted by atomic mass is 35.5. The average Bonchev–Trinajstić information content (AvgIpc) is 2.48. The summed E-state index contributed by atoms with van der Waals surface area (Å²) in [5, 5.41) is 11.4. The molecule has 0 saturated carbocycles. The summed E-state index contributed by atoms with van der Waals surface area (Å²) in [4.78, 5) is 11.1. The first-order chi connectivity index (χ1) is 10.7. The Morgan fingerprint density at radius 1 is 0.955 bits per heavy atom. The zero-order chi connectivity index (χ0) is 16.2. The van der Waals surface area contributed by atoms with Crippen molar-refractivity contribution in [2.24, 2.45) is 0 Å². The second-order valence-corrected chi connectivity index (χ2v) is 6.40. The van der Waals surface area contributed by atoms with Crippen molar-refractivity contribution in [2.45, 2.75) is 77.6 Å². The fourth-order valence-corrected chi connectivity index (χ4v) is 3.08. The predicted molar refractivity (Wildman–Crippen MR) is 91.3 cm³/mol. The minimum atomic E-state index is -1.17. The van der Waals surface area contributed by atoms with E-state index in [-0.39, 0.29) is 10.6 Å². The molecule has 0 amide bonds. The third-order valence-corrected chi connectivity index (χ3v) is 4.42. The number of aryl methyl sites for hydroxylation is 1. The molecule has 0 N–H and O–H groups in total. The van der Waals surface area contributed by atoms with E-state index in [1.54, 1.807) is 12.1 Å². The average molecular weight is 324 g/mol. The van der Waals surface area contributed by atoms with E-state index in [0.29, 0.717) is 0 Å². The van der Waals surface area contributed by atoms with Crippen molar-refractivity contribution in [3.8, 4) is 0 Å². The Hall–Kier alpha value is -1.02. The van der Waals surface area contributed by atoms with E-state index in [0.717, 1.165) is 24.8 Å². The number of unbranched alkanes of at least 4 members (excludes halogenated alkanes) is 9. The lowest BCUT2D eigenvalue weighted by Gasteiger charge is -2.12. The summed E-state index contributed by atoms with van der Waals surface area (Å²) in [7, 11) is 0. The van der Waals surface area contributed by atoms with Crippen LogP contribution in [0.5, 0.6) is 0 Å². The monoisotopic (exact) mass is 323 g/mol. The summed E-state index contributed by atoms with van der Waals surface area (Å²) in [5.74, 6) is -1.17. The van der Waals surface area contributed by atoms with Gasteiger partial charge in [0.1, 0.15) is 0 Å². The van der Waals surface area contributed by atoms with Crippen molar-refractivity contribution < 1.29 is 9.90 Å². The molecule has 0 aliphatic rings. The Bertz CT molecular complexity index is 443. The van der Waals surface area contributed by atoms with E-state index < -0.39 is 5.97 Å². The smallest absolute Gasteiger partial charge is 0.0733 e. The first-order valence-electron chi connectivity index (χ1n) is 8.65. The number of carbonyl (C=O) groups is 1. The van der Waals surface area contributed by atoms with Crippen LogP contribution >= 0.6 is 11.6 Å². The van der Waals surface area contributed by atoms with Crippen LogP contribution in [0.2, 0.25) is 5.02 Å². The first-order valence-corrected chi connectivity index (χ1v) is 9.03. The number of hydrogen-bond donors (Lipinski definition) is 0. The molecule has 1 aromatic rings. The zero-order valence-electron chi connectivity index (χ0n) is 13.7. The van der Waals surface area contributed by atoms with Crippen molar-refractivity contribution in [1.82, 2.24) is 0 Å². The lowest BCUT2D eigenvalue weighted by Crippen LogP contribution is -2.24. The largest absolute Gasteiger partial charge is 0.545 e. The van der Waals surface area contributed by atoms with Gasteiger partial charge in [0.05, 0.1) is 5.97 Å². The Kier molecular flexibility index (Phi) is 9.98. The second-order valence-electron chi connectivity index (χ2n) is 5.99. The van der Waals surface area contributed by atoms with Crippen LogP contribution < -0.4 is 5.11 Å². The predicted octanol–water partition coefficient (Wildman–Crippen LogP) is 5.17. The number of carbonyl (C=O) groups excluding carboxylic acids is 1. The number of aromatic carboxylic acids is 1. The highest BCUT2D eigenvalue weighted by molar-refractivity contribution is 6.33. The van der Waals surface area contributed by atoms with E-state index in [1.807, 2.05) is 6.07 Å². The molecule has 0 unspecified atom stereocenters.